The molecule has 0 spiro atoms. The highest BCUT2D eigenvalue weighted by Gasteiger charge is 2.30. The molecule has 0 unspecified atom stereocenters. The predicted octanol–water partition coefficient (Wildman–Crippen LogP) is 4.55. The Hall–Kier alpha value is -3.23. The van der Waals surface area contributed by atoms with Crippen molar-refractivity contribution in [2.45, 2.75) is 32.0 Å². The summed E-state index contributed by atoms with van der Waals surface area (Å²) >= 11 is 0. The van der Waals surface area contributed by atoms with E-state index in [1.807, 2.05) is 0 Å². The lowest BCUT2D eigenvalue weighted by Gasteiger charge is -2.28. The molecule has 3 amide bonds. The fourth-order valence-electron chi connectivity index (χ4n) is 3.25. The highest BCUT2D eigenvalue weighted by molar-refractivity contribution is 5.97. The zero-order chi connectivity index (χ0) is 21.7. The molecule has 1 heterocycles. The summed E-state index contributed by atoms with van der Waals surface area (Å²) in [6, 6.07) is 9.12. The van der Waals surface area contributed by atoms with Crippen molar-refractivity contribution in [2.75, 3.05) is 23.9 Å². The Labute approximate surface area is 172 Å². The van der Waals surface area contributed by atoms with Gasteiger partial charge in [0.1, 0.15) is 5.75 Å². The lowest BCUT2D eigenvalue weighted by molar-refractivity contribution is -0.137. The van der Waals surface area contributed by atoms with Gasteiger partial charge in [0.05, 0.1) is 18.4 Å². The maximum atomic E-state index is 12.8. The molecule has 0 atom stereocenters. The minimum absolute atomic E-state index is 0.00861. The Morgan fingerprint density at radius 1 is 1.17 bits per heavy atom. The number of urea groups is 1. The fourth-order valence-corrected chi connectivity index (χ4v) is 3.25. The standard InChI is InChI=1S/C21H22F3N3O3/c1-30-18-9-8-16(12-17(18)27-10-3-2-7-19(27)28)26-20(29)25-13-14-5-4-6-15(11-14)21(22,23)24/h4-6,8-9,11-12H,2-3,7,10,13H2,1H3,(H2,25,26,29). The van der Waals surface area contributed by atoms with Crippen LogP contribution < -0.4 is 20.3 Å². The van der Waals surface area contributed by atoms with Gasteiger partial charge in [-0.3, -0.25) is 4.79 Å². The monoisotopic (exact) mass is 421 g/mol. The molecule has 2 N–H and O–H groups in total. The zero-order valence-corrected chi connectivity index (χ0v) is 16.4. The van der Waals surface area contributed by atoms with Crippen LogP contribution in [0.25, 0.3) is 0 Å². The summed E-state index contributed by atoms with van der Waals surface area (Å²) in [5.74, 6) is 0.505. The molecule has 30 heavy (non-hydrogen) atoms. The SMILES string of the molecule is COc1ccc(NC(=O)NCc2cccc(C(F)(F)F)c2)cc1N1CCCCC1=O. The number of hydrogen-bond donors (Lipinski definition) is 2. The summed E-state index contributed by atoms with van der Waals surface area (Å²) in [6.07, 6.45) is -2.26. The van der Waals surface area contributed by atoms with Crippen LogP contribution in [0.2, 0.25) is 0 Å². The molecule has 0 radical (unpaired) electrons. The topological polar surface area (TPSA) is 70.7 Å². The van der Waals surface area contributed by atoms with Gasteiger partial charge in [-0.2, -0.15) is 13.2 Å². The number of carbonyl (C=O) groups is 2. The molecule has 0 bridgehead atoms. The van der Waals surface area contributed by atoms with Crippen LogP contribution in [0.4, 0.5) is 29.3 Å². The van der Waals surface area contributed by atoms with E-state index in [1.165, 1.54) is 19.2 Å². The van der Waals surface area contributed by atoms with Crippen molar-refractivity contribution in [3.8, 4) is 5.75 Å². The number of rotatable bonds is 5. The fraction of sp³-hybridized carbons (Fsp3) is 0.333. The van der Waals surface area contributed by atoms with E-state index >= 15 is 0 Å². The first kappa shape index (κ1) is 21.5. The molecule has 0 aliphatic carbocycles. The smallest absolute Gasteiger partial charge is 0.416 e. The largest absolute Gasteiger partial charge is 0.495 e. The van der Waals surface area contributed by atoms with Crippen LogP contribution in [0.15, 0.2) is 42.5 Å². The van der Waals surface area contributed by atoms with E-state index in [0.717, 1.165) is 25.0 Å². The van der Waals surface area contributed by atoms with E-state index in [4.69, 9.17) is 4.74 Å². The summed E-state index contributed by atoms with van der Waals surface area (Å²) in [5, 5.41) is 5.17. The molecule has 6 nitrogen and oxygen atoms in total. The Bertz CT molecular complexity index is 931. The van der Waals surface area contributed by atoms with E-state index in [1.54, 1.807) is 23.1 Å². The van der Waals surface area contributed by atoms with Crippen LogP contribution in [-0.2, 0) is 17.5 Å². The Kier molecular flexibility index (Phi) is 6.49. The first-order chi connectivity index (χ1) is 14.3. The molecular formula is C21H22F3N3O3. The van der Waals surface area contributed by atoms with Gasteiger partial charge in [0, 0.05) is 25.2 Å². The average Bonchev–Trinajstić information content (AvgIpc) is 2.72. The highest BCUT2D eigenvalue weighted by Crippen LogP contribution is 2.33. The van der Waals surface area contributed by atoms with Crippen molar-refractivity contribution >= 4 is 23.3 Å². The molecule has 1 aliphatic heterocycles. The molecular weight excluding hydrogens is 399 g/mol. The Morgan fingerprint density at radius 2 is 1.97 bits per heavy atom. The van der Waals surface area contributed by atoms with Crippen molar-refractivity contribution in [2.24, 2.45) is 0 Å². The number of benzene rings is 2. The molecule has 2 aromatic carbocycles. The van der Waals surface area contributed by atoms with Crippen molar-refractivity contribution in [3.05, 3.63) is 53.6 Å². The van der Waals surface area contributed by atoms with E-state index in [-0.39, 0.29) is 12.5 Å². The minimum Gasteiger partial charge on any atom is -0.495 e. The molecule has 160 valence electrons. The van der Waals surface area contributed by atoms with Crippen LogP contribution in [0.1, 0.15) is 30.4 Å². The zero-order valence-electron chi connectivity index (χ0n) is 16.4. The molecule has 1 saturated heterocycles. The lowest BCUT2D eigenvalue weighted by Crippen LogP contribution is -2.35. The molecule has 2 aromatic rings. The Balaban J connectivity index is 1.67. The van der Waals surface area contributed by atoms with Crippen LogP contribution in [0, 0.1) is 0 Å². The van der Waals surface area contributed by atoms with Gasteiger partial charge in [-0.05, 0) is 48.7 Å². The van der Waals surface area contributed by atoms with E-state index in [9.17, 15) is 22.8 Å². The third kappa shape index (κ3) is 5.22. The van der Waals surface area contributed by atoms with E-state index in [2.05, 4.69) is 10.6 Å². The quantitative estimate of drug-likeness (QED) is 0.744. The number of anilines is 2. The third-order valence-electron chi connectivity index (χ3n) is 4.76. The van der Waals surface area contributed by atoms with Crippen molar-refractivity contribution < 1.29 is 27.5 Å². The van der Waals surface area contributed by atoms with Gasteiger partial charge in [-0.15, -0.1) is 0 Å². The summed E-state index contributed by atoms with van der Waals surface area (Å²) in [4.78, 5) is 26.1. The summed E-state index contributed by atoms with van der Waals surface area (Å²) < 4.78 is 43.7. The number of nitrogens with one attached hydrogen (secondary N) is 2. The van der Waals surface area contributed by atoms with Crippen LogP contribution >= 0.6 is 0 Å². The predicted molar refractivity (Wildman–Crippen MR) is 107 cm³/mol. The van der Waals surface area contributed by atoms with Crippen molar-refractivity contribution in [1.82, 2.24) is 5.32 Å². The minimum atomic E-state index is -4.44. The third-order valence-corrected chi connectivity index (χ3v) is 4.76. The number of methoxy groups -OCH3 is 1. The van der Waals surface area contributed by atoms with E-state index < -0.39 is 17.8 Å². The number of alkyl halides is 3. The highest BCUT2D eigenvalue weighted by atomic mass is 19.4. The summed E-state index contributed by atoms with van der Waals surface area (Å²) in [5.41, 5.74) is 0.561. The van der Waals surface area contributed by atoms with Crippen LogP contribution in [0.5, 0.6) is 5.75 Å². The molecule has 1 fully saturated rings. The number of carbonyl (C=O) groups excluding carboxylic acids is 2. The van der Waals surface area contributed by atoms with Gasteiger partial charge < -0.3 is 20.3 Å². The first-order valence-corrected chi connectivity index (χ1v) is 9.47. The molecule has 0 aromatic heterocycles. The van der Waals surface area contributed by atoms with Crippen molar-refractivity contribution in [3.63, 3.8) is 0 Å². The first-order valence-electron chi connectivity index (χ1n) is 9.47. The molecule has 3 rings (SSSR count). The maximum absolute atomic E-state index is 12.8. The number of piperidine rings is 1. The number of ether oxygens (including phenoxy) is 1. The number of amides is 3. The van der Waals surface area contributed by atoms with Crippen LogP contribution in [-0.4, -0.2) is 25.6 Å². The second-order valence-electron chi connectivity index (χ2n) is 6.89. The lowest BCUT2D eigenvalue weighted by atomic mass is 10.1. The van der Waals surface area contributed by atoms with Gasteiger partial charge in [0.15, 0.2) is 0 Å². The normalized spacial score (nSPS) is 14.4. The second-order valence-corrected chi connectivity index (χ2v) is 6.89. The maximum Gasteiger partial charge on any atom is 0.416 e. The van der Waals surface area contributed by atoms with Gasteiger partial charge in [0.2, 0.25) is 5.91 Å². The van der Waals surface area contributed by atoms with Gasteiger partial charge >= 0.3 is 12.2 Å². The number of halogens is 3. The molecule has 9 heteroatoms. The van der Waals surface area contributed by atoms with Gasteiger partial charge in [-0.25, -0.2) is 4.79 Å². The number of hydrogen-bond acceptors (Lipinski definition) is 3. The average molecular weight is 421 g/mol. The van der Waals surface area contributed by atoms with Crippen molar-refractivity contribution in [1.29, 1.82) is 0 Å². The summed E-state index contributed by atoms with van der Waals surface area (Å²) in [7, 11) is 1.50. The van der Waals surface area contributed by atoms with Gasteiger partial charge in [-0.1, -0.05) is 12.1 Å². The van der Waals surface area contributed by atoms with Gasteiger partial charge in [0.25, 0.3) is 0 Å². The second kappa shape index (κ2) is 9.06. The molecule has 1 aliphatic rings. The number of nitrogens with zero attached hydrogens (tertiary/aromatic N) is 1. The Morgan fingerprint density at radius 3 is 2.67 bits per heavy atom. The molecule has 0 saturated carbocycles. The van der Waals surface area contributed by atoms with Crippen LogP contribution in [0.3, 0.4) is 0 Å². The van der Waals surface area contributed by atoms with E-state index in [0.29, 0.717) is 35.7 Å². The summed E-state index contributed by atoms with van der Waals surface area (Å²) in [6.45, 7) is 0.504.